The average Bonchev–Trinajstić information content (AvgIpc) is 3.02. The maximum Gasteiger partial charge on any atom is 0.425 e. The van der Waals surface area contributed by atoms with Crippen LogP contribution in [0.2, 0.25) is 0 Å². The third-order valence-corrected chi connectivity index (χ3v) is 5.21. The molecule has 2 nitrogen and oxygen atoms in total. The van der Waals surface area contributed by atoms with Gasteiger partial charge < -0.3 is 4.74 Å². The second-order valence-electron chi connectivity index (χ2n) is 5.31. The van der Waals surface area contributed by atoms with Gasteiger partial charge in [0.1, 0.15) is 9.90 Å². The molecule has 0 saturated carbocycles. The molecule has 3 rings (SSSR count). The number of aromatic nitrogens is 1. The lowest BCUT2D eigenvalue weighted by Crippen LogP contribution is -2.00. The van der Waals surface area contributed by atoms with Crippen LogP contribution in [-0.2, 0) is 11.9 Å². The van der Waals surface area contributed by atoms with Gasteiger partial charge in [-0.25, -0.2) is 4.98 Å². The summed E-state index contributed by atoms with van der Waals surface area (Å²) in [6.07, 6.45) is -4.36. The second-order valence-corrected chi connectivity index (χ2v) is 7.36. The number of pyridine rings is 1. The Hall–Kier alpha value is -1.99. The smallest absolute Gasteiger partial charge is 0.425 e. The highest BCUT2D eigenvalue weighted by atomic mass is 32.2. The molecular formula is C18H14F3NOS2. The van der Waals surface area contributed by atoms with Gasteiger partial charge in [0, 0.05) is 11.8 Å². The molecule has 3 aromatic rings. The number of aryl methyl sites for hydroxylation is 1. The maximum atomic E-state index is 12.7. The van der Waals surface area contributed by atoms with Crippen LogP contribution in [0.5, 0.6) is 10.9 Å². The molecule has 25 heavy (non-hydrogen) atoms. The quantitative estimate of drug-likeness (QED) is 0.468. The normalized spacial score (nSPS) is 11.5. The summed E-state index contributed by atoms with van der Waals surface area (Å²) in [5.74, 6) is 1.06. The molecule has 7 heteroatoms. The van der Waals surface area contributed by atoms with Gasteiger partial charge in [-0.05, 0) is 36.2 Å². The first-order valence-corrected chi connectivity index (χ1v) is 9.21. The van der Waals surface area contributed by atoms with Gasteiger partial charge >= 0.3 is 6.18 Å². The predicted octanol–water partition coefficient (Wildman–Crippen LogP) is 6.55. The highest BCUT2D eigenvalue weighted by Gasteiger charge is 2.32. The number of benzene rings is 1. The SMILES string of the molecule is Cc1cc(Oc2ccc(C(F)(F)F)s2)nc(SCc2ccccc2)c1. The summed E-state index contributed by atoms with van der Waals surface area (Å²) < 4.78 is 43.5. The summed E-state index contributed by atoms with van der Waals surface area (Å²) in [6.45, 7) is 1.90. The summed E-state index contributed by atoms with van der Waals surface area (Å²) in [5, 5.41) is 0.941. The van der Waals surface area contributed by atoms with E-state index in [1.807, 2.05) is 43.3 Å². The van der Waals surface area contributed by atoms with Crippen molar-refractivity contribution in [3.8, 4) is 10.9 Å². The number of hydrogen-bond acceptors (Lipinski definition) is 4. The van der Waals surface area contributed by atoms with Crippen LogP contribution in [0.3, 0.4) is 0 Å². The van der Waals surface area contributed by atoms with E-state index in [0.29, 0.717) is 17.2 Å². The van der Waals surface area contributed by atoms with Gasteiger partial charge in [0.2, 0.25) is 5.88 Å². The molecule has 0 aliphatic heterocycles. The van der Waals surface area contributed by atoms with E-state index in [9.17, 15) is 13.2 Å². The van der Waals surface area contributed by atoms with E-state index >= 15 is 0 Å². The molecular weight excluding hydrogens is 367 g/mol. The van der Waals surface area contributed by atoms with Gasteiger partial charge in [-0.2, -0.15) is 13.2 Å². The van der Waals surface area contributed by atoms with Crippen LogP contribution in [0.25, 0.3) is 0 Å². The fourth-order valence-corrected chi connectivity index (χ4v) is 3.75. The van der Waals surface area contributed by atoms with Crippen molar-refractivity contribution in [2.45, 2.75) is 23.9 Å². The number of alkyl halides is 3. The van der Waals surface area contributed by atoms with E-state index in [1.54, 1.807) is 17.8 Å². The van der Waals surface area contributed by atoms with Gasteiger partial charge in [0.15, 0.2) is 5.06 Å². The van der Waals surface area contributed by atoms with Crippen LogP contribution in [0.1, 0.15) is 16.0 Å². The fourth-order valence-electron chi connectivity index (χ4n) is 2.09. The van der Waals surface area contributed by atoms with E-state index in [0.717, 1.165) is 22.4 Å². The fraction of sp³-hybridized carbons (Fsp3) is 0.167. The minimum Gasteiger partial charge on any atom is -0.428 e. The Kier molecular flexibility index (Phi) is 5.34. The van der Waals surface area contributed by atoms with Crippen LogP contribution in [0, 0.1) is 6.92 Å². The van der Waals surface area contributed by atoms with E-state index in [1.165, 1.54) is 11.6 Å². The molecule has 2 heterocycles. The van der Waals surface area contributed by atoms with Crippen LogP contribution >= 0.6 is 23.1 Å². The van der Waals surface area contributed by atoms with E-state index in [-0.39, 0.29) is 5.06 Å². The van der Waals surface area contributed by atoms with Crippen molar-refractivity contribution in [1.82, 2.24) is 4.98 Å². The van der Waals surface area contributed by atoms with Gasteiger partial charge in [0.25, 0.3) is 0 Å². The van der Waals surface area contributed by atoms with E-state index in [2.05, 4.69) is 4.98 Å². The van der Waals surface area contributed by atoms with E-state index in [4.69, 9.17) is 4.74 Å². The molecule has 0 unspecified atom stereocenters. The Morgan fingerprint density at radius 2 is 1.84 bits per heavy atom. The highest BCUT2D eigenvalue weighted by molar-refractivity contribution is 7.98. The van der Waals surface area contributed by atoms with Gasteiger partial charge in [-0.3, -0.25) is 0 Å². The van der Waals surface area contributed by atoms with Gasteiger partial charge in [-0.15, -0.1) is 11.8 Å². The third kappa shape index (κ3) is 4.99. The topological polar surface area (TPSA) is 22.1 Å². The van der Waals surface area contributed by atoms with Gasteiger partial charge in [-0.1, -0.05) is 41.7 Å². The van der Waals surface area contributed by atoms with Crippen molar-refractivity contribution in [1.29, 1.82) is 0 Å². The van der Waals surface area contributed by atoms with E-state index < -0.39 is 11.1 Å². The number of nitrogens with zero attached hydrogens (tertiary/aromatic N) is 1. The molecule has 130 valence electrons. The minimum atomic E-state index is -4.36. The van der Waals surface area contributed by atoms with Crippen molar-refractivity contribution in [3.05, 3.63) is 70.6 Å². The Bertz CT molecular complexity index is 847. The molecule has 0 N–H and O–H groups in total. The zero-order valence-corrected chi connectivity index (χ0v) is 14.8. The molecule has 0 atom stereocenters. The van der Waals surface area contributed by atoms with Crippen LogP contribution < -0.4 is 4.74 Å². The first-order valence-electron chi connectivity index (χ1n) is 7.40. The number of halogens is 3. The molecule has 2 aromatic heterocycles. The molecule has 0 bridgehead atoms. The Labute approximate surface area is 151 Å². The lowest BCUT2D eigenvalue weighted by molar-refractivity contribution is -0.134. The Morgan fingerprint density at radius 1 is 1.08 bits per heavy atom. The van der Waals surface area contributed by atoms with Crippen LogP contribution in [0.15, 0.2) is 59.6 Å². The molecule has 0 aliphatic carbocycles. The Balaban J connectivity index is 1.72. The summed E-state index contributed by atoms with van der Waals surface area (Å²) >= 11 is 2.12. The number of ether oxygens (including phenoxy) is 1. The second kappa shape index (κ2) is 7.49. The van der Waals surface area contributed by atoms with Crippen molar-refractivity contribution in [2.24, 2.45) is 0 Å². The lowest BCUT2D eigenvalue weighted by atomic mass is 10.2. The highest BCUT2D eigenvalue weighted by Crippen LogP contribution is 2.39. The van der Waals surface area contributed by atoms with Gasteiger partial charge in [0.05, 0.1) is 0 Å². The third-order valence-electron chi connectivity index (χ3n) is 3.22. The summed E-state index contributed by atoms with van der Waals surface area (Å²) in [4.78, 5) is 3.70. The summed E-state index contributed by atoms with van der Waals surface area (Å²) in [7, 11) is 0. The molecule has 0 amide bonds. The molecule has 0 fully saturated rings. The number of thiophene rings is 1. The maximum absolute atomic E-state index is 12.7. The van der Waals surface area contributed by atoms with Crippen molar-refractivity contribution < 1.29 is 17.9 Å². The molecule has 0 radical (unpaired) electrons. The summed E-state index contributed by atoms with van der Waals surface area (Å²) in [5.41, 5.74) is 2.11. The largest absolute Gasteiger partial charge is 0.428 e. The van der Waals surface area contributed by atoms with Crippen molar-refractivity contribution in [3.63, 3.8) is 0 Å². The van der Waals surface area contributed by atoms with Crippen molar-refractivity contribution in [2.75, 3.05) is 0 Å². The summed E-state index contributed by atoms with van der Waals surface area (Å²) in [6, 6.07) is 15.9. The molecule has 0 saturated heterocycles. The standard InChI is InChI=1S/C18H14F3NOS2/c1-12-9-15(23-17-8-7-14(25-17)18(19,20)21)22-16(10-12)24-11-13-5-3-2-4-6-13/h2-10H,11H2,1H3. The first kappa shape index (κ1) is 17.8. The molecule has 0 aliphatic rings. The zero-order valence-electron chi connectivity index (χ0n) is 13.2. The average molecular weight is 381 g/mol. The van der Waals surface area contributed by atoms with Crippen LogP contribution in [0.4, 0.5) is 13.2 Å². The van der Waals surface area contributed by atoms with Crippen LogP contribution in [-0.4, -0.2) is 4.98 Å². The molecule has 1 aromatic carbocycles. The monoisotopic (exact) mass is 381 g/mol. The number of rotatable bonds is 5. The Morgan fingerprint density at radius 3 is 2.52 bits per heavy atom. The number of thioether (sulfide) groups is 1. The predicted molar refractivity (Wildman–Crippen MR) is 94.4 cm³/mol. The lowest BCUT2D eigenvalue weighted by Gasteiger charge is -2.07. The number of hydrogen-bond donors (Lipinski definition) is 0. The minimum absolute atomic E-state index is 0.171. The molecule has 0 spiro atoms. The first-order chi connectivity index (χ1) is 11.9. The zero-order chi connectivity index (χ0) is 17.9. The van der Waals surface area contributed by atoms with Crippen molar-refractivity contribution >= 4 is 23.1 Å².